The minimum Gasteiger partial charge on any atom is -0.480 e. The normalized spacial score (nSPS) is 25.4. The fraction of sp³-hybridized carbons (Fsp3) is 0.571. The van der Waals surface area contributed by atoms with Crippen molar-refractivity contribution in [2.45, 2.75) is 50.5 Å². The largest absolute Gasteiger partial charge is 0.480 e. The number of benzene rings is 1. The zero-order valence-corrected chi connectivity index (χ0v) is 15.7. The maximum Gasteiger partial charge on any atom is 0.326 e. The molecule has 0 aromatic heterocycles. The van der Waals surface area contributed by atoms with Crippen LogP contribution in [0.25, 0.3) is 0 Å². The average Bonchev–Trinajstić information content (AvgIpc) is 3.39. The van der Waals surface area contributed by atoms with Gasteiger partial charge in [0.15, 0.2) is 0 Å². The van der Waals surface area contributed by atoms with E-state index in [1.807, 2.05) is 35.2 Å². The molecular formula is C21H26N2O4. The van der Waals surface area contributed by atoms with E-state index in [9.17, 15) is 19.5 Å². The molecule has 3 fully saturated rings. The third kappa shape index (κ3) is 3.01. The van der Waals surface area contributed by atoms with Gasteiger partial charge in [-0.2, -0.15) is 0 Å². The number of carboxylic acids is 1. The Balaban J connectivity index is 1.56. The lowest BCUT2D eigenvalue weighted by molar-refractivity contribution is -0.149. The van der Waals surface area contributed by atoms with Crippen molar-refractivity contribution in [3.8, 4) is 0 Å². The summed E-state index contributed by atoms with van der Waals surface area (Å²) >= 11 is 0. The van der Waals surface area contributed by atoms with Crippen LogP contribution < -0.4 is 0 Å². The van der Waals surface area contributed by atoms with E-state index >= 15 is 0 Å². The molecule has 0 bridgehead atoms. The van der Waals surface area contributed by atoms with Gasteiger partial charge in [-0.15, -0.1) is 0 Å². The van der Waals surface area contributed by atoms with Crippen LogP contribution in [0, 0.1) is 5.41 Å². The Hall–Kier alpha value is -2.37. The predicted molar refractivity (Wildman–Crippen MR) is 99.0 cm³/mol. The molecule has 2 heterocycles. The summed E-state index contributed by atoms with van der Waals surface area (Å²) in [6, 6.07) is 8.97. The molecule has 1 atom stereocenters. The van der Waals surface area contributed by atoms with Crippen LogP contribution in [0.2, 0.25) is 0 Å². The third-order valence-electron chi connectivity index (χ3n) is 6.81. The van der Waals surface area contributed by atoms with Crippen LogP contribution in [-0.2, 0) is 19.8 Å². The van der Waals surface area contributed by atoms with Gasteiger partial charge in [0.05, 0.1) is 5.41 Å². The Morgan fingerprint density at radius 2 is 1.67 bits per heavy atom. The van der Waals surface area contributed by atoms with Crippen molar-refractivity contribution in [3.05, 3.63) is 35.9 Å². The van der Waals surface area contributed by atoms with Crippen molar-refractivity contribution in [3.63, 3.8) is 0 Å². The molecule has 1 N–H and O–H groups in total. The quantitative estimate of drug-likeness (QED) is 0.883. The predicted octanol–water partition coefficient (Wildman–Crippen LogP) is 2.03. The van der Waals surface area contributed by atoms with Crippen LogP contribution in [-0.4, -0.2) is 58.4 Å². The number of amides is 2. The van der Waals surface area contributed by atoms with Crippen LogP contribution in [0.4, 0.5) is 0 Å². The molecule has 2 saturated heterocycles. The van der Waals surface area contributed by atoms with Crippen molar-refractivity contribution >= 4 is 17.8 Å². The number of hydrogen-bond acceptors (Lipinski definition) is 3. The second-order valence-corrected chi connectivity index (χ2v) is 8.45. The lowest BCUT2D eigenvalue weighted by Gasteiger charge is -2.39. The van der Waals surface area contributed by atoms with E-state index in [1.54, 1.807) is 11.8 Å². The summed E-state index contributed by atoms with van der Waals surface area (Å²) in [5, 5.41) is 9.79. The maximum atomic E-state index is 13.4. The smallest absolute Gasteiger partial charge is 0.326 e. The van der Waals surface area contributed by atoms with E-state index in [-0.39, 0.29) is 17.2 Å². The first-order chi connectivity index (χ1) is 12.9. The lowest BCUT2D eigenvalue weighted by Crippen LogP contribution is -2.47. The molecule has 4 rings (SSSR count). The lowest BCUT2D eigenvalue weighted by atomic mass is 9.76. The molecule has 1 spiro atoms. The first kappa shape index (κ1) is 18.0. The summed E-state index contributed by atoms with van der Waals surface area (Å²) in [4.78, 5) is 40.4. The molecule has 0 radical (unpaired) electrons. The zero-order chi connectivity index (χ0) is 19.2. The van der Waals surface area contributed by atoms with Gasteiger partial charge in [-0.1, -0.05) is 30.3 Å². The molecule has 6 heteroatoms. The summed E-state index contributed by atoms with van der Waals surface area (Å²) in [5.74, 6) is -0.892. The molecule has 27 heavy (non-hydrogen) atoms. The average molecular weight is 370 g/mol. The Bertz CT molecular complexity index is 764. The van der Waals surface area contributed by atoms with Crippen LogP contribution in [0.15, 0.2) is 30.3 Å². The van der Waals surface area contributed by atoms with Gasteiger partial charge in [0, 0.05) is 26.6 Å². The van der Waals surface area contributed by atoms with Crippen LogP contribution in [0.5, 0.6) is 0 Å². The number of nitrogens with zero attached hydrogens (tertiary/aromatic N) is 2. The van der Waals surface area contributed by atoms with E-state index < -0.39 is 17.4 Å². The molecule has 1 aliphatic carbocycles. The summed E-state index contributed by atoms with van der Waals surface area (Å²) in [6.45, 7) is 3.35. The van der Waals surface area contributed by atoms with Gasteiger partial charge in [-0.05, 0) is 43.1 Å². The van der Waals surface area contributed by atoms with Crippen molar-refractivity contribution in [2.24, 2.45) is 5.41 Å². The van der Waals surface area contributed by atoms with E-state index in [4.69, 9.17) is 0 Å². The van der Waals surface area contributed by atoms with E-state index in [0.29, 0.717) is 26.1 Å². The number of likely N-dealkylation sites (tertiary alicyclic amines) is 2. The molecule has 144 valence electrons. The van der Waals surface area contributed by atoms with Crippen LogP contribution in [0.1, 0.15) is 44.6 Å². The number of carbonyl (C=O) groups is 3. The first-order valence-electron chi connectivity index (χ1n) is 9.72. The van der Waals surface area contributed by atoms with Gasteiger partial charge < -0.3 is 14.9 Å². The molecule has 1 aromatic rings. The fourth-order valence-corrected chi connectivity index (χ4v) is 4.93. The molecule has 1 aromatic carbocycles. The number of aliphatic carboxylic acids is 1. The zero-order valence-electron chi connectivity index (χ0n) is 15.7. The molecule has 1 saturated carbocycles. The minimum atomic E-state index is -0.918. The fourth-order valence-electron chi connectivity index (χ4n) is 4.93. The van der Waals surface area contributed by atoms with Gasteiger partial charge >= 0.3 is 5.97 Å². The number of carboxylic acid groups (broad SMARTS) is 1. The SMILES string of the molecule is CC(=O)N1CCC2(CC1)C[C@@H](C(=O)O)N(C(=O)C1(c3ccccc3)CC1)C2. The number of carbonyl (C=O) groups excluding carboxylic acids is 2. The summed E-state index contributed by atoms with van der Waals surface area (Å²) < 4.78 is 0. The van der Waals surface area contributed by atoms with Crippen LogP contribution in [0.3, 0.4) is 0 Å². The third-order valence-corrected chi connectivity index (χ3v) is 6.81. The van der Waals surface area contributed by atoms with Crippen molar-refractivity contribution < 1.29 is 19.5 Å². The number of piperidine rings is 1. The molecule has 2 aliphatic heterocycles. The Morgan fingerprint density at radius 3 is 2.19 bits per heavy atom. The molecule has 0 unspecified atom stereocenters. The second-order valence-electron chi connectivity index (χ2n) is 8.45. The molecule has 6 nitrogen and oxygen atoms in total. The number of rotatable bonds is 3. The monoisotopic (exact) mass is 370 g/mol. The van der Waals surface area contributed by atoms with Gasteiger partial charge in [0.2, 0.25) is 11.8 Å². The minimum absolute atomic E-state index is 0.0352. The standard InChI is InChI=1S/C21H26N2O4/c1-15(24)22-11-9-20(10-12-22)13-17(18(25)26)23(14-20)19(27)21(7-8-21)16-5-3-2-4-6-16/h2-6,17H,7-14H2,1H3,(H,25,26)/t17-/m0/s1. The van der Waals surface area contributed by atoms with Gasteiger partial charge in [0.1, 0.15) is 6.04 Å². The Kier molecular flexibility index (Phi) is 4.24. The van der Waals surface area contributed by atoms with Gasteiger partial charge in [-0.3, -0.25) is 9.59 Å². The highest BCUT2D eigenvalue weighted by Gasteiger charge is 2.58. The molecule has 3 aliphatic rings. The van der Waals surface area contributed by atoms with E-state index in [2.05, 4.69) is 0 Å². The van der Waals surface area contributed by atoms with Gasteiger partial charge in [-0.25, -0.2) is 4.79 Å². The topological polar surface area (TPSA) is 77.9 Å². The summed E-state index contributed by atoms with van der Waals surface area (Å²) in [6.07, 6.45) is 3.58. The van der Waals surface area contributed by atoms with Crippen molar-refractivity contribution in [1.29, 1.82) is 0 Å². The molecular weight excluding hydrogens is 344 g/mol. The highest BCUT2D eigenvalue weighted by Crippen LogP contribution is 2.52. The Labute approximate surface area is 159 Å². The summed E-state index contributed by atoms with van der Waals surface area (Å²) in [5.41, 5.74) is 0.268. The summed E-state index contributed by atoms with van der Waals surface area (Å²) in [7, 11) is 0. The number of hydrogen-bond donors (Lipinski definition) is 1. The Morgan fingerprint density at radius 1 is 1.04 bits per heavy atom. The van der Waals surface area contributed by atoms with E-state index in [0.717, 1.165) is 31.2 Å². The van der Waals surface area contributed by atoms with Crippen LogP contribution >= 0.6 is 0 Å². The maximum absolute atomic E-state index is 13.4. The highest BCUT2D eigenvalue weighted by molar-refractivity contribution is 5.94. The van der Waals surface area contributed by atoms with E-state index in [1.165, 1.54) is 0 Å². The van der Waals surface area contributed by atoms with Gasteiger partial charge in [0.25, 0.3) is 0 Å². The first-order valence-corrected chi connectivity index (χ1v) is 9.72. The van der Waals surface area contributed by atoms with Crippen molar-refractivity contribution in [1.82, 2.24) is 9.80 Å². The highest BCUT2D eigenvalue weighted by atomic mass is 16.4. The second kappa shape index (κ2) is 6.36. The molecule has 2 amide bonds. The van der Waals surface area contributed by atoms with Crippen molar-refractivity contribution in [2.75, 3.05) is 19.6 Å².